The Labute approximate surface area is 42.7 Å². The van der Waals surface area contributed by atoms with Crippen LogP contribution in [-0.4, -0.2) is 11.4 Å². The Balaban J connectivity index is 3.36. The fourth-order valence-electron chi connectivity index (χ4n) is 0.182. The molecule has 0 radical (unpaired) electrons. The van der Waals surface area contributed by atoms with Gasteiger partial charge in [-0.15, -0.1) is 13.2 Å². The predicted molar refractivity (Wildman–Crippen MR) is 27.9 cm³/mol. The highest BCUT2D eigenvalue weighted by atomic mass is 17.1. The summed E-state index contributed by atoms with van der Waals surface area (Å²) < 4.78 is 0. The van der Waals surface area contributed by atoms with Crippen molar-refractivity contribution < 1.29 is 10.1 Å². The van der Waals surface area contributed by atoms with E-state index >= 15 is 0 Å². The quantitative estimate of drug-likeness (QED) is 0.328. The van der Waals surface area contributed by atoms with Crippen molar-refractivity contribution in [1.82, 2.24) is 0 Å². The lowest BCUT2D eigenvalue weighted by molar-refractivity contribution is -0.253. The van der Waals surface area contributed by atoms with Gasteiger partial charge in [-0.25, -0.2) is 4.89 Å². The molecule has 0 amide bonds. The monoisotopic (exact) mass is 100 g/mol. The van der Waals surface area contributed by atoms with Crippen LogP contribution in [0.15, 0.2) is 25.3 Å². The second kappa shape index (κ2) is 3.59. The molecule has 0 aliphatic rings. The number of hydrogen-bond donors (Lipinski definition) is 1. The minimum Gasteiger partial charge on any atom is -0.251 e. The summed E-state index contributed by atoms with van der Waals surface area (Å²) in [5, 5.41) is 7.88. The van der Waals surface area contributed by atoms with Gasteiger partial charge in [0.2, 0.25) is 0 Å². The Morgan fingerprint density at radius 1 is 1.43 bits per heavy atom. The predicted octanol–water partition coefficient (Wildman–Crippen LogP) is 1.22. The highest BCUT2D eigenvalue weighted by Crippen LogP contribution is 1.88. The van der Waals surface area contributed by atoms with Crippen LogP contribution in [0.5, 0.6) is 0 Å². The third kappa shape index (κ3) is 2.14. The first-order chi connectivity index (χ1) is 3.35. The summed E-state index contributed by atoms with van der Waals surface area (Å²) in [6, 6.07) is 0. The van der Waals surface area contributed by atoms with E-state index < -0.39 is 6.10 Å². The molecule has 0 aromatic heterocycles. The first-order valence-electron chi connectivity index (χ1n) is 1.90. The molecule has 0 saturated carbocycles. The topological polar surface area (TPSA) is 29.5 Å². The average molecular weight is 100 g/mol. The molecular formula is C5H8O2. The number of rotatable bonds is 3. The largest absolute Gasteiger partial charge is 0.251 e. The van der Waals surface area contributed by atoms with Crippen LogP contribution in [0.1, 0.15) is 0 Å². The summed E-state index contributed by atoms with van der Waals surface area (Å²) in [5.41, 5.74) is 0. The molecule has 1 N–H and O–H groups in total. The van der Waals surface area contributed by atoms with E-state index in [4.69, 9.17) is 5.26 Å². The van der Waals surface area contributed by atoms with E-state index in [0.29, 0.717) is 0 Å². The van der Waals surface area contributed by atoms with E-state index in [1.165, 1.54) is 12.2 Å². The molecule has 40 valence electrons. The third-order valence-electron chi connectivity index (χ3n) is 0.586. The van der Waals surface area contributed by atoms with Crippen LogP contribution in [-0.2, 0) is 4.89 Å². The van der Waals surface area contributed by atoms with Crippen molar-refractivity contribution in [3.8, 4) is 0 Å². The van der Waals surface area contributed by atoms with E-state index in [0.717, 1.165) is 0 Å². The van der Waals surface area contributed by atoms with Crippen LogP contribution < -0.4 is 0 Å². The molecule has 2 heteroatoms. The summed E-state index contributed by atoms with van der Waals surface area (Å²) in [6.07, 6.45) is 2.44. The maximum Gasteiger partial charge on any atom is 0.128 e. The lowest BCUT2D eigenvalue weighted by Gasteiger charge is -1.96. The summed E-state index contributed by atoms with van der Waals surface area (Å²) in [5.74, 6) is 0. The summed E-state index contributed by atoms with van der Waals surface area (Å²) in [4.78, 5) is 3.81. The van der Waals surface area contributed by atoms with Crippen LogP contribution in [0.25, 0.3) is 0 Å². The fraction of sp³-hybridized carbons (Fsp3) is 0.200. The minimum atomic E-state index is -0.431. The molecule has 0 saturated heterocycles. The normalized spacial score (nSPS) is 8.86. The van der Waals surface area contributed by atoms with Gasteiger partial charge in [0, 0.05) is 0 Å². The van der Waals surface area contributed by atoms with E-state index in [2.05, 4.69) is 18.0 Å². The standard InChI is InChI=1S/C5H8O2/c1-3-5(4-2)7-6/h3-6H,1-2H2. The van der Waals surface area contributed by atoms with E-state index in [1.54, 1.807) is 0 Å². The van der Waals surface area contributed by atoms with Gasteiger partial charge in [0.1, 0.15) is 6.10 Å². The van der Waals surface area contributed by atoms with Crippen LogP contribution in [0.3, 0.4) is 0 Å². The molecule has 0 aliphatic carbocycles. The molecule has 0 aliphatic heterocycles. The summed E-state index contributed by atoms with van der Waals surface area (Å²) >= 11 is 0. The molecule has 0 aromatic carbocycles. The van der Waals surface area contributed by atoms with Gasteiger partial charge in [-0.3, -0.25) is 5.26 Å². The van der Waals surface area contributed by atoms with Crippen molar-refractivity contribution >= 4 is 0 Å². The van der Waals surface area contributed by atoms with Crippen molar-refractivity contribution in [3.63, 3.8) is 0 Å². The Kier molecular flexibility index (Phi) is 3.28. The van der Waals surface area contributed by atoms with Gasteiger partial charge in [-0.05, 0) is 0 Å². The maximum absolute atomic E-state index is 7.88. The summed E-state index contributed by atoms with van der Waals surface area (Å²) in [7, 11) is 0. The Bertz CT molecular complexity index is 60.5. The van der Waals surface area contributed by atoms with E-state index in [1.807, 2.05) is 0 Å². The zero-order valence-corrected chi connectivity index (χ0v) is 4.00. The van der Waals surface area contributed by atoms with Crippen molar-refractivity contribution in [2.24, 2.45) is 0 Å². The molecule has 0 heterocycles. The molecule has 0 aromatic rings. The molecule has 0 atom stereocenters. The SMILES string of the molecule is C=CC(C=C)OO. The van der Waals surface area contributed by atoms with Gasteiger partial charge >= 0.3 is 0 Å². The molecule has 0 unspecified atom stereocenters. The molecule has 0 spiro atoms. The van der Waals surface area contributed by atoms with Crippen LogP contribution in [0, 0.1) is 0 Å². The lowest BCUT2D eigenvalue weighted by Crippen LogP contribution is -1.99. The first kappa shape index (κ1) is 6.40. The maximum atomic E-state index is 7.88. The second-order valence-corrected chi connectivity index (χ2v) is 1.04. The van der Waals surface area contributed by atoms with Crippen LogP contribution in [0.4, 0.5) is 0 Å². The second-order valence-electron chi connectivity index (χ2n) is 1.04. The fourth-order valence-corrected chi connectivity index (χ4v) is 0.182. The van der Waals surface area contributed by atoms with Crippen molar-refractivity contribution in [2.75, 3.05) is 0 Å². The molecule has 7 heavy (non-hydrogen) atoms. The van der Waals surface area contributed by atoms with Gasteiger partial charge in [-0.2, -0.15) is 0 Å². The average Bonchev–Trinajstić information content (AvgIpc) is 1.72. The molecule has 2 nitrogen and oxygen atoms in total. The zero-order valence-electron chi connectivity index (χ0n) is 4.00. The molecule has 0 rings (SSSR count). The van der Waals surface area contributed by atoms with E-state index in [-0.39, 0.29) is 0 Å². The highest BCUT2D eigenvalue weighted by molar-refractivity contribution is 4.92. The Hall–Kier alpha value is -0.600. The first-order valence-corrected chi connectivity index (χ1v) is 1.90. The zero-order chi connectivity index (χ0) is 5.70. The smallest absolute Gasteiger partial charge is 0.128 e. The summed E-state index contributed by atoms with van der Waals surface area (Å²) in [6.45, 7) is 6.69. The van der Waals surface area contributed by atoms with Gasteiger partial charge < -0.3 is 0 Å². The lowest BCUT2D eigenvalue weighted by atomic mass is 10.4. The van der Waals surface area contributed by atoms with E-state index in [9.17, 15) is 0 Å². The van der Waals surface area contributed by atoms with Crippen LogP contribution >= 0.6 is 0 Å². The van der Waals surface area contributed by atoms with Gasteiger partial charge in [0.25, 0.3) is 0 Å². The highest BCUT2D eigenvalue weighted by Gasteiger charge is 1.90. The van der Waals surface area contributed by atoms with Gasteiger partial charge in [0.15, 0.2) is 0 Å². The minimum absolute atomic E-state index is 0.431. The molecule has 0 fully saturated rings. The van der Waals surface area contributed by atoms with Crippen molar-refractivity contribution in [3.05, 3.63) is 25.3 Å². The number of hydrogen-bond acceptors (Lipinski definition) is 2. The molecule has 0 bridgehead atoms. The van der Waals surface area contributed by atoms with Gasteiger partial charge in [-0.1, -0.05) is 12.2 Å². The third-order valence-corrected chi connectivity index (χ3v) is 0.586. The Morgan fingerprint density at radius 2 is 1.86 bits per heavy atom. The van der Waals surface area contributed by atoms with Crippen LogP contribution in [0.2, 0.25) is 0 Å². The van der Waals surface area contributed by atoms with Gasteiger partial charge in [0.05, 0.1) is 0 Å². The van der Waals surface area contributed by atoms with Crippen molar-refractivity contribution in [2.45, 2.75) is 6.10 Å². The van der Waals surface area contributed by atoms with Crippen molar-refractivity contribution in [1.29, 1.82) is 0 Å². The Morgan fingerprint density at radius 3 is 1.86 bits per heavy atom. The molecular weight excluding hydrogens is 92.1 g/mol.